The molecule has 4 fully saturated rings. The van der Waals surface area contributed by atoms with Crippen LogP contribution in [0, 0.1) is 0 Å². The number of esters is 1. The fraction of sp³-hybridized carbons (Fsp3) is 0.950. The first-order valence-electron chi connectivity index (χ1n) is 10.5. The summed E-state index contributed by atoms with van der Waals surface area (Å²) in [6.07, 6.45) is 3.85. The van der Waals surface area contributed by atoms with Gasteiger partial charge in [0.2, 0.25) is 0 Å². The molecule has 2 unspecified atom stereocenters. The van der Waals surface area contributed by atoms with E-state index in [1.807, 2.05) is 0 Å². The number of carbonyl (C=O) groups excluding carboxylic acids is 1. The maximum absolute atomic E-state index is 11.7. The summed E-state index contributed by atoms with van der Waals surface area (Å²) in [6, 6.07) is 0. The minimum absolute atomic E-state index is 0.174. The Bertz CT molecular complexity index is 548. The molecule has 3 aliphatic heterocycles. The number of methoxy groups -OCH3 is 2. The first-order valence-corrected chi connectivity index (χ1v) is 10.5. The lowest BCUT2D eigenvalue weighted by Gasteiger charge is -2.47. The van der Waals surface area contributed by atoms with E-state index >= 15 is 0 Å². The number of ether oxygens (including phenoxy) is 6. The van der Waals surface area contributed by atoms with Crippen LogP contribution in [0.1, 0.15) is 51.4 Å². The van der Waals surface area contributed by atoms with Crippen LogP contribution >= 0.6 is 0 Å². The number of aliphatic hydroxyl groups is 1. The van der Waals surface area contributed by atoms with Gasteiger partial charge in [-0.3, -0.25) is 4.79 Å². The summed E-state index contributed by atoms with van der Waals surface area (Å²) in [4.78, 5) is 11.7. The van der Waals surface area contributed by atoms with Crippen LogP contribution in [0.15, 0.2) is 0 Å². The Morgan fingerprint density at radius 2 is 1.82 bits per heavy atom. The number of hydrogen-bond acceptors (Lipinski definition) is 8. The van der Waals surface area contributed by atoms with E-state index in [2.05, 4.69) is 0 Å². The molecule has 3 saturated heterocycles. The van der Waals surface area contributed by atoms with E-state index in [1.165, 1.54) is 13.5 Å². The van der Waals surface area contributed by atoms with Gasteiger partial charge in [-0.05, 0) is 25.7 Å². The van der Waals surface area contributed by atoms with E-state index < -0.39 is 24.1 Å². The molecule has 0 aromatic carbocycles. The van der Waals surface area contributed by atoms with Crippen LogP contribution < -0.4 is 0 Å². The van der Waals surface area contributed by atoms with Crippen LogP contribution in [0.25, 0.3) is 0 Å². The summed E-state index contributed by atoms with van der Waals surface area (Å²) < 4.78 is 35.4. The van der Waals surface area contributed by atoms with Gasteiger partial charge in [-0.25, -0.2) is 0 Å². The van der Waals surface area contributed by atoms with Crippen molar-refractivity contribution in [3.63, 3.8) is 0 Å². The first-order chi connectivity index (χ1) is 13.5. The predicted octanol–water partition coefficient (Wildman–Crippen LogP) is 1.32. The molecule has 1 saturated carbocycles. The molecule has 1 aliphatic carbocycles. The van der Waals surface area contributed by atoms with Gasteiger partial charge in [0.05, 0.1) is 32.3 Å². The van der Waals surface area contributed by atoms with Crippen LogP contribution in [0.4, 0.5) is 0 Å². The number of aliphatic hydroxyl groups excluding tert-OH is 1. The normalized spacial score (nSPS) is 40.5. The van der Waals surface area contributed by atoms with Crippen molar-refractivity contribution in [3.05, 3.63) is 0 Å². The van der Waals surface area contributed by atoms with Crippen molar-refractivity contribution in [3.8, 4) is 0 Å². The zero-order valence-corrected chi connectivity index (χ0v) is 16.7. The minimum atomic E-state index is -0.798. The van der Waals surface area contributed by atoms with Gasteiger partial charge in [-0.1, -0.05) is 6.42 Å². The third-order valence-electron chi connectivity index (χ3n) is 6.45. The van der Waals surface area contributed by atoms with Gasteiger partial charge in [0.25, 0.3) is 0 Å². The molecule has 8 heteroatoms. The summed E-state index contributed by atoms with van der Waals surface area (Å²) in [5, 5.41) is 10.6. The summed E-state index contributed by atoms with van der Waals surface area (Å²) in [5.74, 6) is -0.896. The van der Waals surface area contributed by atoms with Gasteiger partial charge in [-0.15, -0.1) is 0 Å². The highest BCUT2D eigenvalue weighted by atomic mass is 16.8. The molecule has 160 valence electrons. The maximum Gasteiger partial charge on any atom is 0.308 e. The molecule has 28 heavy (non-hydrogen) atoms. The third-order valence-corrected chi connectivity index (χ3v) is 6.45. The van der Waals surface area contributed by atoms with Gasteiger partial charge in [0, 0.05) is 20.0 Å². The summed E-state index contributed by atoms with van der Waals surface area (Å²) in [7, 11) is 2.94. The lowest BCUT2D eigenvalue weighted by atomic mass is 9.87. The largest absolute Gasteiger partial charge is 0.469 e. The number of carbonyl (C=O) groups is 1. The molecule has 0 aromatic heterocycles. The van der Waals surface area contributed by atoms with Gasteiger partial charge in [0.1, 0.15) is 30.5 Å². The Morgan fingerprint density at radius 1 is 1.07 bits per heavy atom. The van der Waals surface area contributed by atoms with Crippen LogP contribution in [0.5, 0.6) is 0 Å². The van der Waals surface area contributed by atoms with Crippen molar-refractivity contribution in [2.24, 2.45) is 0 Å². The Labute approximate surface area is 165 Å². The van der Waals surface area contributed by atoms with E-state index in [-0.39, 0.29) is 43.4 Å². The smallest absolute Gasteiger partial charge is 0.308 e. The van der Waals surface area contributed by atoms with E-state index in [1.54, 1.807) is 7.11 Å². The molecule has 0 amide bonds. The molecule has 4 aliphatic rings. The van der Waals surface area contributed by atoms with Crippen molar-refractivity contribution >= 4 is 5.97 Å². The van der Waals surface area contributed by atoms with Crippen LogP contribution in [0.2, 0.25) is 0 Å². The predicted molar refractivity (Wildman–Crippen MR) is 96.6 cm³/mol. The Hall–Kier alpha value is -0.770. The summed E-state index contributed by atoms with van der Waals surface area (Å²) >= 11 is 0. The summed E-state index contributed by atoms with van der Waals surface area (Å²) in [5.41, 5.74) is 0. The van der Waals surface area contributed by atoms with Crippen molar-refractivity contribution in [1.82, 2.24) is 0 Å². The second-order valence-electron chi connectivity index (χ2n) is 8.38. The fourth-order valence-electron chi connectivity index (χ4n) is 5.09. The average molecular weight is 400 g/mol. The lowest BCUT2D eigenvalue weighted by Crippen LogP contribution is -2.62. The highest BCUT2D eigenvalue weighted by Gasteiger charge is 2.60. The highest BCUT2D eigenvalue weighted by molar-refractivity contribution is 5.69. The minimum Gasteiger partial charge on any atom is -0.469 e. The molecule has 4 rings (SSSR count). The zero-order valence-electron chi connectivity index (χ0n) is 16.7. The molecule has 0 bridgehead atoms. The first kappa shape index (κ1) is 20.5. The Balaban J connectivity index is 1.53. The fourth-order valence-corrected chi connectivity index (χ4v) is 5.09. The van der Waals surface area contributed by atoms with Crippen molar-refractivity contribution in [2.45, 2.75) is 99.9 Å². The van der Waals surface area contributed by atoms with E-state index in [0.717, 1.165) is 32.1 Å². The van der Waals surface area contributed by atoms with Crippen molar-refractivity contribution < 1.29 is 38.3 Å². The Kier molecular flexibility index (Phi) is 6.25. The zero-order chi connectivity index (χ0) is 19.7. The molecule has 3 heterocycles. The summed E-state index contributed by atoms with van der Waals surface area (Å²) in [6.45, 7) is 0.174. The van der Waals surface area contributed by atoms with Crippen LogP contribution in [-0.4, -0.2) is 80.4 Å². The van der Waals surface area contributed by atoms with Gasteiger partial charge < -0.3 is 33.5 Å². The van der Waals surface area contributed by atoms with E-state index in [0.29, 0.717) is 6.42 Å². The standard InChI is InChI=1S/C20H32O8/c1-23-11-13(21)16-18-19(28-20(27-18)8-4-3-5-9-20)17-14(26-16)7-6-12(25-17)10-15(22)24-2/h12-14,16-19,21H,3-11H2,1-2H3/t12-,13?,14+,16?,17+,18-,19+/m1/s1. The van der Waals surface area contributed by atoms with Crippen molar-refractivity contribution in [1.29, 1.82) is 0 Å². The molecule has 1 N–H and O–H groups in total. The molecular weight excluding hydrogens is 368 g/mol. The maximum atomic E-state index is 11.7. The average Bonchev–Trinajstić information content (AvgIpc) is 3.06. The van der Waals surface area contributed by atoms with E-state index in [9.17, 15) is 9.90 Å². The number of fused-ring (bicyclic) bond motifs is 3. The van der Waals surface area contributed by atoms with Gasteiger partial charge in [-0.2, -0.15) is 0 Å². The SMILES string of the molecule is COCC(O)C1O[C@H]2CC[C@H](CC(=O)OC)O[C@@H]2[C@@H]2OC3(CCCCC3)O[C@H]12. The number of rotatable bonds is 5. The van der Waals surface area contributed by atoms with Crippen LogP contribution in [0.3, 0.4) is 0 Å². The lowest BCUT2D eigenvalue weighted by molar-refractivity contribution is -0.256. The monoisotopic (exact) mass is 400 g/mol. The Morgan fingerprint density at radius 3 is 2.54 bits per heavy atom. The van der Waals surface area contributed by atoms with Gasteiger partial charge in [0.15, 0.2) is 5.79 Å². The second-order valence-corrected chi connectivity index (χ2v) is 8.38. The molecule has 8 nitrogen and oxygen atoms in total. The van der Waals surface area contributed by atoms with Crippen LogP contribution in [-0.2, 0) is 33.2 Å². The molecule has 1 spiro atoms. The van der Waals surface area contributed by atoms with Crippen molar-refractivity contribution in [2.75, 3.05) is 20.8 Å². The molecule has 7 atom stereocenters. The number of hydrogen-bond donors (Lipinski definition) is 1. The molecule has 0 aromatic rings. The third kappa shape index (κ3) is 3.95. The van der Waals surface area contributed by atoms with Gasteiger partial charge >= 0.3 is 5.97 Å². The molecular formula is C20H32O8. The van der Waals surface area contributed by atoms with E-state index in [4.69, 9.17) is 28.4 Å². The second kappa shape index (κ2) is 8.53. The highest BCUT2D eigenvalue weighted by Crippen LogP contribution is 2.47. The topological polar surface area (TPSA) is 92.7 Å². The quantitative estimate of drug-likeness (QED) is 0.691. The molecule has 0 radical (unpaired) electrons.